The standard InChI is InChI=1S/C17H16F3N3O.C6H14O3S/c18-17(19,20)15-6-2-1-5-14(15)16(24)23-10-8-22(9-11-23)13-4-3-7-21-12-13;1-2-3-4-5-6-10(7,8)9/h1-7,12H,8-11H2;2-6H2,1H3,(H,7,8,9). The second-order valence-corrected chi connectivity index (χ2v) is 9.45. The molecule has 2 heterocycles. The van der Waals surface area contributed by atoms with E-state index < -0.39 is 27.8 Å². The van der Waals surface area contributed by atoms with Gasteiger partial charge in [-0.2, -0.15) is 21.6 Å². The van der Waals surface area contributed by atoms with Gasteiger partial charge < -0.3 is 9.80 Å². The Hall–Kier alpha value is -2.66. The number of piperazine rings is 1. The number of pyridine rings is 1. The predicted octanol–water partition coefficient (Wildman–Crippen LogP) is 4.52. The van der Waals surface area contributed by atoms with Crippen LogP contribution in [0.15, 0.2) is 48.8 Å². The minimum Gasteiger partial charge on any atom is -0.367 e. The minimum atomic E-state index is -4.54. The van der Waals surface area contributed by atoms with Gasteiger partial charge in [0.2, 0.25) is 0 Å². The molecule has 1 aliphatic heterocycles. The summed E-state index contributed by atoms with van der Waals surface area (Å²) >= 11 is 0. The molecule has 2 aromatic rings. The third kappa shape index (κ3) is 8.94. The van der Waals surface area contributed by atoms with E-state index in [1.807, 2.05) is 19.1 Å². The molecule has 1 aromatic heterocycles. The van der Waals surface area contributed by atoms with Gasteiger partial charge >= 0.3 is 6.18 Å². The topological polar surface area (TPSA) is 90.8 Å². The molecular formula is C23H30F3N3O4S. The Morgan fingerprint density at radius 3 is 2.26 bits per heavy atom. The molecular weight excluding hydrogens is 471 g/mol. The van der Waals surface area contributed by atoms with Crippen molar-refractivity contribution in [3.8, 4) is 0 Å². The van der Waals surface area contributed by atoms with Crippen LogP contribution in [0.1, 0.15) is 48.5 Å². The highest BCUT2D eigenvalue weighted by atomic mass is 32.2. The van der Waals surface area contributed by atoms with Crippen LogP contribution in [0.3, 0.4) is 0 Å². The Balaban J connectivity index is 0.000000347. The second kappa shape index (κ2) is 12.7. The summed E-state index contributed by atoms with van der Waals surface area (Å²) in [6.45, 7) is 3.92. The van der Waals surface area contributed by atoms with Crippen molar-refractivity contribution < 1.29 is 30.9 Å². The number of carbonyl (C=O) groups is 1. The van der Waals surface area contributed by atoms with Crippen molar-refractivity contribution in [1.82, 2.24) is 9.88 Å². The van der Waals surface area contributed by atoms with Crippen LogP contribution in [0, 0.1) is 0 Å². The number of alkyl halides is 3. The Morgan fingerprint density at radius 1 is 1.03 bits per heavy atom. The SMILES string of the molecule is CCCCCCS(=O)(=O)O.O=C(c1ccccc1C(F)(F)F)N1CCN(c2cccnc2)CC1. The van der Waals surface area contributed by atoms with Crippen LogP contribution in [-0.2, 0) is 16.3 Å². The quantitative estimate of drug-likeness (QED) is 0.443. The van der Waals surface area contributed by atoms with Crippen LogP contribution >= 0.6 is 0 Å². The summed E-state index contributed by atoms with van der Waals surface area (Å²) < 4.78 is 67.8. The number of unbranched alkanes of at least 4 members (excludes halogenated alkanes) is 3. The molecule has 0 bridgehead atoms. The summed E-state index contributed by atoms with van der Waals surface area (Å²) in [5.41, 5.74) is -0.232. The first-order valence-electron chi connectivity index (χ1n) is 11.1. The van der Waals surface area contributed by atoms with E-state index in [0.717, 1.165) is 31.0 Å². The number of nitrogens with zero attached hydrogens (tertiary/aromatic N) is 3. The molecule has 0 spiro atoms. The molecule has 0 atom stereocenters. The maximum Gasteiger partial charge on any atom is 0.417 e. The molecule has 1 saturated heterocycles. The normalized spacial score (nSPS) is 14.4. The Bertz CT molecular complexity index is 1010. The van der Waals surface area contributed by atoms with E-state index in [4.69, 9.17) is 4.55 Å². The van der Waals surface area contributed by atoms with E-state index in [2.05, 4.69) is 9.88 Å². The van der Waals surface area contributed by atoms with Gasteiger partial charge in [0.15, 0.2) is 0 Å². The van der Waals surface area contributed by atoms with Gasteiger partial charge in [-0.05, 0) is 30.7 Å². The predicted molar refractivity (Wildman–Crippen MR) is 124 cm³/mol. The molecule has 0 saturated carbocycles. The third-order valence-corrected chi connectivity index (χ3v) is 6.10. The molecule has 7 nitrogen and oxygen atoms in total. The molecule has 0 aliphatic carbocycles. The zero-order valence-corrected chi connectivity index (χ0v) is 19.9. The second-order valence-electron chi connectivity index (χ2n) is 7.88. The molecule has 3 rings (SSSR count). The number of anilines is 1. The molecule has 1 aliphatic rings. The van der Waals surface area contributed by atoms with Crippen molar-refractivity contribution in [3.63, 3.8) is 0 Å². The van der Waals surface area contributed by atoms with E-state index in [-0.39, 0.29) is 11.3 Å². The molecule has 11 heteroatoms. The first-order chi connectivity index (χ1) is 16.0. The molecule has 188 valence electrons. The molecule has 34 heavy (non-hydrogen) atoms. The van der Waals surface area contributed by atoms with Crippen LogP contribution in [0.25, 0.3) is 0 Å². The molecule has 1 amide bonds. The van der Waals surface area contributed by atoms with Crippen LogP contribution in [0.2, 0.25) is 0 Å². The lowest BCUT2D eigenvalue weighted by atomic mass is 10.1. The van der Waals surface area contributed by atoms with Crippen molar-refractivity contribution >= 4 is 21.7 Å². The summed E-state index contributed by atoms with van der Waals surface area (Å²) in [5, 5.41) is 0. The van der Waals surface area contributed by atoms with Gasteiger partial charge in [0.05, 0.1) is 28.8 Å². The average molecular weight is 502 g/mol. The molecule has 1 aromatic carbocycles. The molecule has 1 N–H and O–H groups in total. The summed E-state index contributed by atoms with van der Waals surface area (Å²) in [6.07, 6.45) is 2.45. The first-order valence-corrected chi connectivity index (χ1v) is 12.7. The fourth-order valence-electron chi connectivity index (χ4n) is 3.51. The first kappa shape index (κ1) is 27.6. The zero-order chi connectivity index (χ0) is 25.2. The summed E-state index contributed by atoms with van der Waals surface area (Å²) in [4.78, 5) is 20.1. The highest BCUT2D eigenvalue weighted by molar-refractivity contribution is 7.85. The van der Waals surface area contributed by atoms with E-state index in [9.17, 15) is 26.4 Å². The number of hydrogen-bond donors (Lipinski definition) is 1. The van der Waals surface area contributed by atoms with E-state index in [0.29, 0.717) is 32.6 Å². The van der Waals surface area contributed by atoms with Gasteiger partial charge in [-0.1, -0.05) is 38.3 Å². The Kier molecular flexibility index (Phi) is 10.3. The van der Waals surface area contributed by atoms with E-state index >= 15 is 0 Å². The average Bonchev–Trinajstić information content (AvgIpc) is 2.81. The maximum atomic E-state index is 13.1. The number of benzene rings is 1. The van der Waals surface area contributed by atoms with Crippen molar-refractivity contribution in [1.29, 1.82) is 0 Å². The molecule has 0 unspecified atom stereocenters. The molecule has 0 radical (unpaired) electrons. The largest absolute Gasteiger partial charge is 0.417 e. The van der Waals surface area contributed by atoms with E-state index in [1.54, 1.807) is 12.4 Å². The van der Waals surface area contributed by atoms with Crippen LogP contribution < -0.4 is 4.90 Å². The zero-order valence-electron chi connectivity index (χ0n) is 19.0. The number of rotatable bonds is 7. The lowest BCUT2D eigenvalue weighted by Crippen LogP contribution is -2.49. The van der Waals surface area contributed by atoms with Crippen LogP contribution in [0.4, 0.5) is 18.9 Å². The smallest absolute Gasteiger partial charge is 0.367 e. The summed E-state index contributed by atoms with van der Waals surface area (Å²) in [6, 6.07) is 8.67. The van der Waals surface area contributed by atoms with Crippen LogP contribution in [0.5, 0.6) is 0 Å². The van der Waals surface area contributed by atoms with Crippen molar-refractivity contribution in [2.75, 3.05) is 36.8 Å². The highest BCUT2D eigenvalue weighted by Gasteiger charge is 2.36. The van der Waals surface area contributed by atoms with Gasteiger partial charge in [0.25, 0.3) is 16.0 Å². The van der Waals surface area contributed by atoms with Gasteiger partial charge in [-0.3, -0.25) is 14.3 Å². The fraction of sp³-hybridized carbons (Fsp3) is 0.478. The number of carbonyl (C=O) groups excluding carboxylic acids is 1. The third-order valence-electron chi connectivity index (χ3n) is 5.30. The van der Waals surface area contributed by atoms with Gasteiger partial charge in [-0.25, -0.2) is 0 Å². The maximum absolute atomic E-state index is 13.1. The highest BCUT2D eigenvalue weighted by Crippen LogP contribution is 2.32. The van der Waals surface area contributed by atoms with Crippen molar-refractivity contribution in [2.45, 2.75) is 38.8 Å². The number of amides is 1. The minimum absolute atomic E-state index is 0.0903. The van der Waals surface area contributed by atoms with Gasteiger partial charge in [0.1, 0.15) is 0 Å². The van der Waals surface area contributed by atoms with Gasteiger partial charge in [-0.15, -0.1) is 0 Å². The monoisotopic (exact) mass is 501 g/mol. The van der Waals surface area contributed by atoms with Crippen molar-refractivity contribution in [2.24, 2.45) is 0 Å². The van der Waals surface area contributed by atoms with E-state index in [1.165, 1.54) is 23.1 Å². The lowest BCUT2D eigenvalue weighted by molar-refractivity contribution is -0.138. The lowest BCUT2D eigenvalue weighted by Gasteiger charge is -2.36. The van der Waals surface area contributed by atoms with Crippen molar-refractivity contribution in [3.05, 3.63) is 59.9 Å². The Labute approximate surface area is 198 Å². The molecule has 1 fully saturated rings. The summed E-state index contributed by atoms with van der Waals surface area (Å²) in [5.74, 6) is -0.665. The summed E-state index contributed by atoms with van der Waals surface area (Å²) in [7, 11) is -3.70. The number of hydrogen-bond acceptors (Lipinski definition) is 5. The number of halogens is 3. The van der Waals surface area contributed by atoms with Crippen LogP contribution in [-0.4, -0.2) is 60.7 Å². The van der Waals surface area contributed by atoms with Gasteiger partial charge in [0, 0.05) is 32.4 Å². The fourth-order valence-corrected chi connectivity index (χ4v) is 4.08. The Morgan fingerprint density at radius 2 is 1.71 bits per heavy atom. The number of aromatic nitrogens is 1.